The molecule has 4 atom stereocenters. The lowest BCUT2D eigenvalue weighted by Gasteiger charge is -2.46. The molecule has 8 nitrogen and oxygen atoms in total. The van der Waals surface area contributed by atoms with E-state index in [-0.39, 0.29) is 30.6 Å². The summed E-state index contributed by atoms with van der Waals surface area (Å²) in [5.41, 5.74) is 3.04. The number of amides is 1. The molecule has 55 heavy (non-hydrogen) atoms. The van der Waals surface area contributed by atoms with Crippen LogP contribution < -0.4 is 14.2 Å². The highest BCUT2D eigenvalue weighted by molar-refractivity contribution is 7.09. The van der Waals surface area contributed by atoms with E-state index in [0.717, 1.165) is 29.5 Å². The van der Waals surface area contributed by atoms with Gasteiger partial charge in [-0.25, -0.2) is 0 Å². The number of hydrogen-bond donors (Lipinski definition) is 2. The summed E-state index contributed by atoms with van der Waals surface area (Å²) < 4.78 is 16.3. The first kappa shape index (κ1) is 40.2. The van der Waals surface area contributed by atoms with Crippen LogP contribution in [-0.4, -0.2) is 72.9 Å². The lowest BCUT2D eigenvalue weighted by molar-refractivity contribution is -0.139. The number of fused-ring (bicyclic) bond motifs is 8. The number of aliphatic hydroxyl groups excluding tert-OH is 1. The minimum Gasteiger partial charge on any atom is -0.497 e. The number of benzene rings is 3. The highest BCUT2D eigenvalue weighted by Crippen LogP contribution is 2.59. The summed E-state index contributed by atoms with van der Waals surface area (Å²) in [6.45, 7) is 4.91. The molecule has 3 aromatic carbocycles. The monoisotopic (exact) mass is 765 g/mol. The maximum Gasteiger partial charge on any atom is 0.227 e. The van der Waals surface area contributed by atoms with E-state index in [1.165, 1.54) is 10.5 Å². The summed E-state index contributed by atoms with van der Waals surface area (Å²) in [5, 5.41) is 26.2. The number of ether oxygens (including phenoxy) is 3. The topological polar surface area (TPSA) is 106 Å². The first-order chi connectivity index (χ1) is 26.5. The lowest BCUT2D eigenvalue weighted by atomic mass is 9.64. The van der Waals surface area contributed by atoms with E-state index in [2.05, 4.69) is 32.1 Å². The van der Waals surface area contributed by atoms with Crippen molar-refractivity contribution in [1.82, 2.24) is 4.90 Å². The van der Waals surface area contributed by atoms with Crippen LogP contribution in [-0.2, 0) is 24.1 Å². The Morgan fingerprint density at radius 2 is 1.71 bits per heavy atom. The van der Waals surface area contributed by atoms with E-state index in [0.29, 0.717) is 73.4 Å². The second-order valence-corrected chi connectivity index (χ2v) is 16.5. The molecule has 1 amide bonds. The predicted molar refractivity (Wildman–Crippen MR) is 218 cm³/mol. The highest BCUT2D eigenvalue weighted by Gasteiger charge is 2.57. The van der Waals surface area contributed by atoms with Crippen molar-refractivity contribution in [3.05, 3.63) is 123 Å². The molecule has 0 spiro atoms. The van der Waals surface area contributed by atoms with Gasteiger partial charge in [0, 0.05) is 34.5 Å². The van der Waals surface area contributed by atoms with Gasteiger partial charge in [-0.05, 0) is 135 Å². The van der Waals surface area contributed by atoms with Crippen molar-refractivity contribution < 1.29 is 34.0 Å². The van der Waals surface area contributed by atoms with Gasteiger partial charge in [-0.3, -0.25) is 9.59 Å². The molecule has 9 heteroatoms. The van der Waals surface area contributed by atoms with Crippen LogP contribution in [0.4, 0.5) is 0 Å². The molecule has 0 saturated heterocycles. The maximum absolute atomic E-state index is 14.5. The van der Waals surface area contributed by atoms with E-state index >= 15 is 0 Å². The first-order valence-corrected chi connectivity index (χ1v) is 20.2. The van der Waals surface area contributed by atoms with Gasteiger partial charge >= 0.3 is 0 Å². The van der Waals surface area contributed by atoms with Gasteiger partial charge in [-0.15, -0.1) is 11.3 Å². The van der Waals surface area contributed by atoms with Crippen LogP contribution >= 0.6 is 11.3 Å². The third-order valence-corrected chi connectivity index (χ3v) is 13.0. The van der Waals surface area contributed by atoms with E-state index in [1.807, 2.05) is 46.7 Å². The second kappa shape index (κ2) is 17.6. The molecule has 1 saturated carbocycles. The molecule has 2 bridgehead atoms. The van der Waals surface area contributed by atoms with Gasteiger partial charge in [-0.2, -0.15) is 0 Å². The Labute approximate surface area is 329 Å². The summed E-state index contributed by atoms with van der Waals surface area (Å²) in [7, 11) is 4.77. The fourth-order valence-electron chi connectivity index (χ4n) is 8.68. The largest absolute Gasteiger partial charge is 0.497 e. The number of methoxy groups -OCH3 is 3. The summed E-state index contributed by atoms with van der Waals surface area (Å²) in [4.78, 5) is 31.9. The fraction of sp³-hybridized carbons (Fsp3) is 0.435. The van der Waals surface area contributed by atoms with Crippen LogP contribution in [0.2, 0.25) is 0 Å². The van der Waals surface area contributed by atoms with Gasteiger partial charge in [0.1, 0.15) is 5.75 Å². The zero-order valence-electron chi connectivity index (χ0n) is 32.8. The van der Waals surface area contributed by atoms with Crippen LogP contribution in [0, 0.1) is 5.41 Å². The zero-order valence-corrected chi connectivity index (χ0v) is 33.6. The summed E-state index contributed by atoms with van der Waals surface area (Å²) in [6.07, 6.45) is 6.90. The minimum atomic E-state index is -1.24. The highest BCUT2D eigenvalue weighted by atomic mass is 32.1. The Balaban J connectivity index is 1.39. The number of ketones is 1. The number of carbonyl (C=O) groups excluding carboxylic acids is 2. The van der Waals surface area contributed by atoms with E-state index in [9.17, 15) is 19.8 Å². The van der Waals surface area contributed by atoms with Crippen molar-refractivity contribution >= 4 is 23.0 Å². The first-order valence-electron chi connectivity index (χ1n) is 19.4. The molecule has 3 aliphatic rings. The SMILES string of the molecule is COc1ccc(C(=O)c2cc3ccc2C2CCC(O)(CN(CCc4cccs4)C(=O)Cc4ccc(OC)c(OC)c4)C2(C)CCC=C(C)CCC(O)C3)cc1. The van der Waals surface area contributed by atoms with Crippen LogP contribution in [0.3, 0.4) is 0 Å². The number of carbonyl (C=O) groups is 2. The van der Waals surface area contributed by atoms with Gasteiger partial charge in [0.15, 0.2) is 17.3 Å². The van der Waals surface area contributed by atoms with Crippen molar-refractivity contribution in [3.8, 4) is 17.2 Å². The normalized spacial score (nSPS) is 22.6. The molecule has 0 radical (unpaired) electrons. The molecule has 3 aliphatic carbocycles. The van der Waals surface area contributed by atoms with Crippen molar-refractivity contribution in [2.24, 2.45) is 5.41 Å². The van der Waals surface area contributed by atoms with E-state index in [1.54, 1.807) is 56.9 Å². The third kappa shape index (κ3) is 9.01. The Kier molecular flexibility index (Phi) is 12.9. The molecule has 1 heterocycles. The molecular formula is C46H55NO7S. The summed E-state index contributed by atoms with van der Waals surface area (Å²) in [5.74, 6) is 1.50. The lowest BCUT2D eigenvalue weighted by Crippen LogP contribution is -2.54. The fourth-order valence-corrected chi connectivity index (χ4v) is 9.38. The molecule has 1 aromatic heterocycles. The van der Waals surface area contributed by atoms with Crippen molar-refractivity contribution in [2.75, 3.05) is 34.4 Å². The Morgan fingerprint density at radius 3 is 2.42 bits per heavy atom. The number of thiophene rings is 1. The van der Waals surface area contributed by atoms with Gasteiger partial charge in [-0.1, -0.05) is 42.8 Å². The van der Waals surface area contributed by atoms with Crippen LogP contribution in [0.5, 0.6) is 17.2 Å². The second-order valence-electron chi connectivity index (χ2n) is 15.5. The molecule has 292 valence electrons. The summed E-state index contributed by atoms with van der Waals surface area (Å²) in [6, 6.07) is 22.9. The van der Waals surface area contributed by atoms with Crippen molar-refractivity contribution in [3.63, 3.8) is 0 Å². The molecule has 1 fully saturated rings. The smallest absolute Gasteiger partial charge is 0.227 e. The minimum absolute atomic E-state index is 0.0702. The van der Waals surface area contributed by atoms with Crippen LogP contribution in [0.15, 0.2) is 89.8 Å². The number of allylic oxidation sites excluding steroid dienone is 2. The van der Waals surface area contributed by atoms with Gasteiger partial charge in [0.25, 0.3) is 0 Å². The zero-order chi connectivity index (χ0) is 39.2. The molecule has 7 rings (SSSR count). The molecular weight excluding hydrogens is 711 g/mol. The maximum atomic E-state index is 14.5. The number of nitrogens with zero attached hydrogens (tertiary/aromatic N) is 1. The van der Waals surface area contributed by atoms with Gasteiger partial charge in [0.2, 0.25) is 5.91 Å². The van der Waals surface area contributed by atoms with Crippen LogP contribution in [0.25, 0.3) is 0 Å². The predicted octanol–water partition coefficient (Wildman–Crippen LogP) is 8.36. The summed E-state index contributed by atoms with van der Waals surface area (Å²) >= 11 is 1.67. The third-order valence-electron chi connectivity index (χ3n) is 12.1. The van der Waals surface area contributed by atoms with Gasteiger partial charge in [0.05, 0.1) is 39.5 Å². The molecule has 4 aromatic rings. The standard InChI is InChI=1S/C46H55NO7S/c1-31-8-6-22-45(2)40(38-18-11-32(26-35(48)15-10-31)27-39(38)44(50)34-13-16-36(52-3)17-14-34)20-23-46(45,51)30-47(24-21-37-9-7-25-55-37)43(49)29-33-12-19-41(53-4)42(28-33)54-5/h7-9,11-14,16-19,25,27-28,35,40,48,51H,6,10,15,20-24,26,29-30H2,1-5H3. The number of aliphatic hydroxyl groups is 2. The quantitative estimate of drug-likeness (QED) is 0.110. The molecule has 4 unspecified atom stereocenters. The Hall–Kier alpha value is -4.44. The van der Waals surface area contributed by atoms with Gasteiger partial charge < -0.3 is 29.3 Å². The molecule has 2 N–H and O–H groups in total. The number of hydrogen-bond acceptors (Lipinski definition) is 8. The van der Waals surface area contributed by atoms with Crippen molar-refractivity contribution in [1.29, 1.82) is 0 Å². The van der Waals surface area contributed by atoms with Crippen LogP contribution in [0.1, 0.15) is 95.8 Å². The van der Waals surface area contributed by atoms with E-state index in [4.69, 9.17) is 14.2 Å². The Morgan fingerprint density at radius 1 is 0.927 bits per heavy atom. The Bertz CT molecular complexity index is 1970. The average Bonchev–Trinajstić information content (AvgIpc) is 3.80. The van der Waals surface area contributed by atoms with E-state index < -0.39 is 17.1 Å². The average molecular weight is 766 g/mol. The molecule has 0 aliphatic heterocycles. The van der Waals surface area contributed by atoms with Crippen molar-refractivity contribution in [2.45, 2.75) is 89.3 Å². The number of rotatable bonds is 12.